The summed E-state index contributed by atoms with van der Waals surface area (Å²) in [6.07, 6.45) is 1.34. The summed E-state index contributed by atoms with van der Waals surface area (Å²) >= 11 is 0. The first-order chi connectivity index (χ1) is 10.9. The molecule has 1 atom stereocenters. The van der Waals surface area contributed by atoms with Crippen LogP contribution in [0.4, 0.5) is 0 Å². The third-order valence-corrected chi connectivity index (χ3v) is 5.99. The van der Waals surface area contributed by atoms with Gasteiger partial charge in [0.05, 0.1) is 25.7 Å². The molecular weight excluding hydrogens is 318 g/mol. The molecule has 0 aliphatic carbocycles. The zero-order valence-corrected chi connectivity index (χ0v) is 14.6. The van der Waals surface area contributed by atoms with Crippen LogP contribution in [0.1, 0.15) is 18.4 Å². The van der Waals surface area contributed by atoms with Crippen molar-refractivity contribution >= 4 is 15.7 Å². The van der Waals surface area contributed by atoms with E-state index in [0.717, 1.165) is 5.56 Å². The summed E-state index contributed by atoms with van der Waals surface area (Å²) in [5.41, 5.74) is 0.896. The molecule has 0 bridgehead atoms. The fraction of sp³-hybridized carbons (Fsp3) is 0.562. The Balaban J connectivity index is 1.99. The van der Waals surface area contributed by atoms with Gasteiger partial charge in [0.15, 0.2) is 21.3 Å². The van der Waals surface area contributed by atoms with Gasteiger partial charge in [0.2, 0.25) is 5.91 Å². The highest BCUT2D eigenvalue weighted by Crippen LogP contribution is 2.31. The largest absolute Gasteiger partial charge is 0.493 e. The minimum absolute atomic E-state index is 0.0584. The number of sulfone groups is 1. The van der Waals surface area contributed by atoms with Crippen molar-refractivity contribution in [1.82, 2.24) is 4.90 Å². The molecule has 1 aromatic rings. The van der Waals surface area contributed by atoms with Crippen molar-refractivity contribution in [3.8, 4) is 11.5 Å². The third-order valence-electron chi connectivity index (χ3n) is 4.24. The van der Waals surface area contributed by atoms with Gasteiger partial charge in [-0.05, 0) is 24.5 Å². The van der Waals surface area contributed by atoms with Gasteiger partial charge in [-0.1, -0.05) is 12.1 Å². The number of rotatable bonds is 6. The van der Waals surface area contributed by atoms with Crippen molar-refractivity contribution < 1.29 is 22.7 Å². The van der Waals surface area contributed by atoms with Gasteiger partial charge < -0.3 is 14.4 Å². The second kappa shape index (κ2) is 7.21. The van der Waals surface area contributed by atoms with Crippen LogP contribution < -0.4 is 9.47 Å². The number of hydrogen-bond donors (Lipinski definition) is 0. The lowest BCUT2D eigenvalue weighted by atomic mass is 10.1. The maximum atomic E-state index is 12.3. The second-order valence-corrected chi connectivity index (χ2v) is 7.94. The van der Waals surface area contributed by atoms with Gasteiger partial charge >= 0.3 is 0 Å². The van der Waals surface area contributed by atoms with Crippen LogP contribution in [0.15, 0.2) is 18.2 Å². The smallest absolute Gasteiger partial charge is 0.222 e. The van der Waals surface area contributed by atoms with Crippen LogP contribution in [0.2, 0.25) is 0 Å². The average molecular weight is 341 g/mol. The van der Waals surface area contributed by atoms with Crippen LogP contribution in [-0.4, -0.2) is 58.0 Å². The minimum Gasteiger partial charge on any atom is -0.493 e. The fourth-order valence-corrected chi connectivity index (χ4v) is 4.63. The Morgan fingerprint density at radius 2 is 2.04 bits per heavy atom. The van der Waals surface area contributed by atoms with E-state index in [1.807, 2.05) is 12.1 Å². The van der Waals surface area contributed by atoms with Crippen LogP contribution >= 0.6 is 0 Å². The zero-order valence-electron chi connectivity index (χ0n) is 13.7. The van der Waals surface area contributed by atoms with Crippen LogP contribution in [0.25, 0.3) is 0 Å². The molecule has 0 unspecified atom stereocenters. The highest BCUT2D eigenvalue weighted by Gasteiger charge is 2.32. The van der Waals surface area contributed by atoms with E-state index in [1.54, 1.807) is 32.2 Å². The molecule has 6 nitrogen and oxygen atoms in total. The van der Waals surface area contributed by atoms with E-state index < -0.39 is 9.84 Å². The number of para-hydroxylation sites is 1. The first-order valence-electron chi connectivity index (χ1n) is 7.54. The lowest BCUT2D eigenvalue weighted by Gasteiger charge is -2.23. The van der Waals surface area contributed by atoms with Crippen molar-refractivity contribution in [2.24, 2.45) is 0 Å². The van der Waals surface area contributed by atoms with Crippen LogP contribution in [0.3, 0.4) is 0 Å². The van der Waals surface area contributed by atoms with Gasteiger partial charge in [-0.25, -0.2) is 8.42 Å². The molecule has 0 aromatic heterocycles. The normalized spacial score (nSPS) is 19.3. The second-order valence-electron chi connectivity index (χ2n) is 5.71. The lowest BCUT2D eigenvalue weighted by Crippen LogP contribution is -2.37. The Kier molecular flexibility index (Phi) is 5.51. The number of benzene rings is 1. The monoisotopic (exact) mass is 341 g/mol. The van der Waals surface area contributed by atoms with E-state index in [0.29, 0.717) is 30.8 Å². The Morgan fingerprint density at radius 3 is 2.61 bits per heavy atom. The molecule has 0 radical (unpaired) electrons. The summed E-state index contributed by atoms with van der Waals surface area (Å²) in [7, 11) is 1.82. The molecule has 1 heterocycles. The van der Waals surface area contributed by atoms with E-state index in [9.17, 15) is 13.2 Å². The van der Waals surface area contributed by atoms with E-state index in [-0.39, 0.29) is 23.5 Å². The fourth-order valence-electron chi connectivity index (χ4n) is 2.85. The summed E-state index contributed by atoms with van der Waals surface area (Å²) in [5.74, 6) is 1.44. The summed E-state index contributed by atoms with van der Waals surface area (Å²) in [6, 6.07) is 5.35. The number of ether oxygens (including phenoxy) is 2. The van der Waals surface area contributed by atoms with Crippen molar-refractivity contribution in [3.63, 3.8) is 0 Å². The highest BCUT2D eigenvalue weighted by molar-refractivity contribution is 7.91. The van der Waals surface area contributed by atoms with Crippen LogP contribution in [-0.2, 0) is 21.1 Å². The lowest BCUT2D eigenvalue weighted by molar-refractivity contribution is -0.131. The molecule has 1 aromatic carbocycles. The van der Waals surface area contributed by atoms with E-state index in [2.05, 4.69) is 0 Å². The predicted molar refractivity (Wildman–Crippen MR) is 87.7 cm³/mol. The number of carbonyl (C=O) groups is 1. The Labute approximate surface area is 137 Å². The van der Waals surface area contributed by atoms with Crippen LogP contribution in [0.5, 0.6) is 11.5 Å². The van der Waals surface area contributed by atoms with Gasteiger partial charge in [-0.2, -0.15) is 0 Å². The van der Waals surface area contributed by atoms with Gasteiger partial charge in [0.1, 0.15) is 0 Å². The number of amides is 1. The number of methoxy groups -OCH3 is 2. The predicted octanol–water partition coefficient (Wildman–Crippen LogP) is 1.28. The highest BCUT2D eigenvalue weighted by atomic mass is 32.2. The zero-order chi connectivity index (χ0) is 17.0. The molecule has 23 heavy (non-hydrogen) atoms. The van der Waals surface area contributed by atoms with Gasteiger partial charge in [0, 0.05) is 19.5 Å². The maximum absolute atomic E-state index is 12.3. The molecule has 0 spiro atoms. The maximum Gasteiger partial charge on any atom is 0.222 e. The van der Waals surface area contributed by atoms with Crippen molar-refractivity contribution in [1.29, 1.82) is 0 Å². The van der Waals surface area contributed by atoms with Gasteiger partial charge in [-0.3, -0.25) is 4.79 Å². The van der Waals surface area contributed by atoms with E-state index in [4.69, 9.17) is 9.47 Å². The number of carbonyl (C=O) groups excluding carboxylic acids is 1. The molecule has 1 fully saturated rings. The molecule has 2 rings (SSSR count). The number of aryl methyl sites for hydroxylation is 1. The molecule has 1 aliphatic rings. The SMILES string of the molecule is COc1cccc(CCC(=O)N(C)[C@H]2CCS(=O)(=O)C2)c1OC. The van der Waals surface area contributed by atoms with Crippen LogP contribution in [0, 0.1) is 0 Å². The summed E-state index contributed by atoms with van der Waals surface area (Å²) in [5, 5.41) is 0. The molecule has 7 heteroatoms. The quantitative estimate of drug-likeness (QED) is 0.779. The van der Waals surface area contributed by atoms with Gasteiger partial charge in [0.25, 0.3) is 0 Å². The van der Waals surface area contributed by atoms with E-state index in [1.165, 1.54) is 0 Å². The number of hydrogen-bond acceptors (Lipinski definition) is 5. The van der Waals surface area contributed by atoms with E-state index >= 15 is 0 Å². The molecule has 0 N–H and O–H groups in total. The first kappa shape index (κ1) is 17.6. The molecular formula is C16H23NO5S. The Morgan fingerprint density at radius 1 is 1.30 bits per heavy atom. The third kappa shape index (κ3) is 4.16. The molecule has 1 saturated heterocycles. The molecule has 1 aliphatic heterocycles. The van der Waals surface area contributed by atoms with Crippen molar-refractivity contribution in [3.05, 3.63) is 23.8 Å². The molecule has 128 valence electrons. The average Bonchev–Trinajstić information content (AvgIpc) is 2.91. The molecule has 1 amide bonds. The van der Waals surface area contributed by atoms with Crippen molar-refractivity contribution in [2.45, 2.75) is 25.3 Å². The standard InChI is InChI=1S/C16H23NO5S/c1-17(13-9-10-23(19,20)11-13)15(18)8-7-12-5-4-6-14(21-2)16(12)22-3/h4-6,13H,7-11H2,1-3H3/t13-/m0/s1. The first-order valence-corrected chi connectivity index (χ1v) is 9.36. The Hall–Kier alpha value is -1.76. The van der Waals surface area contributed by atoms with Crippen molar-refractivity contribution in [2.75, 3.05) is 32.8 Å². The summed E-state index contributed by atoms with van der Waals surface area (Å²) in [4.78, 5) is 13.9. The number of nitrogens with zero attached hydrogens (tertiary/aromatic N) is 1. The topological polar surface area (TPSA) is 72.9 Å². The van der Waals surface area contributed by atoms with Gasteiger partial charge in [-0.15, -0.1) is 0 Å². The minimum atomic E-state index is -2.99. The summed E-state index contributed by atoms with van der Waals surface area (Å²) < 4.78 is 33.7. The Bertz CT molecular complexity index is 671. The summed E-state index contributed by atoms with van der Waals surface area (Å²) in [6.45, 7) is 0. The molecule has 0 saturated carbocycles.